The average Bonchev–Trinajstić information content (AvgIpc) is 2.75. The number of aromatic nitrogens is 3. The molecule has 3 heterocycles. The Bertz CT molecular complexity index is 1160. The Labute approximate surface area is 178 Å². The molecule has 7 nitrogen and oxygen atoms in total. The van der Waals surface area contributed by atoms with E-state index in [0.29, 0.717) is 22.9 Å². The summed E-state index contributed by atoms with van der Waals surface area (Å²) >= 11 is 0. The summed E-state index contributed by atoms with van der Waals surface area (Å²) in [5.41, 5.74) is 9.24. The van der Waals surface area contributed by atoms with Gasteiger partial charge in [-0.05, 0) is 37.1 Å². The number of halogens is 2. The summed E-state index contributed by atoms with van der Waals surface area (Å²) in [4.78, 5) is 6.33. The summed E-state index contributed by atoms with van der Waals surface area (Å²) in [5, 5.41) is 22.5. The zero-order chi connectivity index (χ0) is 22.2. The third kappa shape index (κ3) is 4.11. The van der Waals surface area contributed by atoms with Crippen molar-refractivity contribution in [1.29, 1.82) is 5.26 Å². The third-order valence-corrected chi connectivity index (χ3v) is 5.78. The molecule has 3 N–H and O–H groups in total. The minimum Gasteiger partial charge on any atom is -0.356 e. The second-order valence-electron chi connectivity index (χ2n) is 7.82. The minimum absolute atomic E-state index is 0.190. The van der Waals surface area contributed by atoms with Crippen LogP contribution in [0, 0.1) is 25.2 Å². The van der Waals surface area contributed by atoms with Crippen molar-refractivity contribution in [3.63, 3.8) is 0 Å². The summed E-state index contributed by atoms with van der Waals surface area (Å²) in [5.74, 6) is -1.53. The fourth-order valence-corrected chi connectivity index (χ4v) is 3.84. The minimum atomic E-state index is -2.62. The lowest BCUT2D eigenvalue weighted by Crippen LogP contribution is -2.39. The van der Waals surface area contributed by atoms with Crippen LogP contribution in [0.1, 0.15) is 41.4 Å². The molecule has 0 saturated carbocycles. The van der Waals surface area contributed by atoms with Crippen LogP contribution in [-0.4, -0.2) is 34.2 Å². The van der Waals surface area contributed by atoms with Crippen molar-refractivity contribution in [3.8, 4) is 6.07 Å². The maximum Gasteiger partial charge on any atom is 0.251 e. The second-order valence-corrected chi connectivity index (χ2v) is 7.82. The summed E-state index contributed by atoms with van der Waals surface area (Å²) in [6, 6.07) is 9.39. The lowest BCUT2D eigenvalue weighted by atomic mass is 10.0. The van der Waals surface area contributed by atoms with Gasteiger partial charge in [0.1, 0.15) is 12.0 Å². The standard InChI is InChI=1S/C22H23F2N7/c1-13-15(11-25)4-3-5-16(13)20(26)28-21-17-10-19(27-12-18(17)14(2)29-30-21)31-8-6-22(23,24)7-9-31/h3-5,10,12,20H,6-9,26H2,1-2H3,(H,28,30)/t20-/m0/s1. The zero-order valence-corrected chi connectivity index (χ0v) is 17.4. The monoisotopic (exact) mass is 423 g/mol. The number of benzene rings is 1. The molecule has 0 aliphatic carbocycles. The Morgan fingerprint density at radius 1 is 1.19 bits per heavy atom. The van der Waals surface area contributed by atoms with Gasteiger partial charge in [0.15, 0.2) is 5.82 Å². The predicted octanol–water partition coefficient (Wildman–Crippen LogP) is 3.82. The molecule has 2 aromatic heterocycles. The van der Waals surface area contributed by atoms with Crippen molar-refractivity contribution in [2.24, 2.45) is 5.73 Å². The maximum atomic E-state index is 13.5. The van der Waals surface area contributed by atoms with Crippen molar-refractivity contribution >= 4 is 22.4 Å². The van der Waals surface area contributed by atoms with Gasteiger partial charge in [0, 0.05) is 42.9 Å². The number of nitrogens with two attached hydrogens (primary N) is 1. The van der Waals surface area contributed by atoms with E-state index in [0.717, 1.165) is 21.9 Å². The molecular weight excluding hydrogens is 400 g/mol. The fourth-order valence-electron chi connectivity index (χ4n) is 3.84. The Kier molecular flexibility index (Phi) is 5.41. The van der Waals surface area contributed by atoms with Gasteiger partial charge in [-0.25, -0.2) is 13.8 Å². The number of nitriles is 1. The summed E-state index contributed by atoms with van der Waals surface area (Å²) in [6.45, 7) is 4.17. The number of hydrogen-bond acceptors (Lipinski definition) is 7. The Balaban J connectivity index is 1.68. The van der Waals surface area contributed by atoms with E-state index in [2.05, 4.69) is 26.6 Å². The van der Waals surface area contributed by atoms with Gasteiger partial charge in [0.05, 0.1) is 17.3 Å². The van der Waals surface area contributed by atoms with E-state index in [9.17, 15) is 14.0 Å². The highest BCUT2D eigenvalue weighted by atomic mass is 19.3. The molecule has 0 radical (unpaired) electrons. The number of nitrogens with one attached hydrogen (secondary N) is 1. The van der Waals surface area contributed by atoms with Gasteiger partial charge < -0.3 is 16.0 Å². The molecular formula is C22H23F2N7. The van der Waals surface area contributed by atoms with E-state index in [1.54, 1.807) is 18.3 Å². The van der Waals surface area contributed by atoms with Crippen molar-refractivity contribution < 1.29 is 8.78 Å². The number of nitrogens with zero attached hydrogens (tertiary/aromatic N) is 5. The van der Waals surface area contributed by atoms with Crippen molar-refractivity contribution in [2.45, 2.75) is 38.8 Å². The number of anilines is 2. The predicted molar refractivity (Wildman–Crippen MR) is 115 cm³/mol. The van der Waals surface area contributed by atoms with Gasteiger partial charge in [-0.15, -0.1) is 5.10 Å². The SMILES string of the molecule is Cc1c(C#N)cccc1[C@@H](N)Nc1nnc(C)c2cnc(N3CCC(F)(F)CC3)cc12. The Morgan fingerprint density at radius 3 is 2.65 bits per heavy atom. The van der Waals surface area contributed by atoms with Gasteiger partial charge in [0.2, 0.25) is 0 Å². The normalized spacial score (nSPS) is 16.7. The topological polar surface area (TPSA) is 104 Å². The number of rotatable bonds is 4. The summed E-state index contributed by atoms with van der Waals surface area (Å²) in [7, 11) is 0. The van der Waals surface area contributed by atoms with Gasteiger partial charge in [-0.1, -0.05) is 12.1 Å². The molecule has 0 bridgehead atoms. The number of alkyl halides is 2. The molecule has 0 unspecified atom stereocenters. The molecule has 1 aromatic carbocycles. The maximum absolute atomic E-state index is 13.5. The first-order valence-corrected chi connectivity index (χ1v) is 10.1. The molecule has 1 fully saturated rings. The number of hydrogen-bond donors (Lipinski definition) is 2. The van der Waals surface area contributed by atoms with Gasteiger partial charge in [0.25, 0.3) is 5.92 Å². The number of pyridine rings is 1. The van der Waals surface area contributed by atoms with Crippen LogP contribution >= 0.6 is 0 Å². The molecule has 1 atom stereocenters. The van der Waals surface area contributed by atoms with Gasteiger partial charge >= 0.3 is 0 Å². The average molecular weight is 423 g/mol. The van der Waals surface area contributed by atoms with Crippen molar-refractivity contribution in [3.05, 3.63) is 52.8 Å². The highest BCUT2D eigenvalue weighted by Crippen LogP contribution is 2.32. The summed E-state index contributed by atoms with van der Waals surface area (Å²) in [6.07, 6.45) is 0.703. The van der Waals surface area contributed by atoms with E-state index >= 15 is 0 Å². The molecule has 0 amide bonds. The van der Waals surface area contributed by atoms with Crippen molar-refractivity contribution in [2.75, 3.05) is 23.3 Å². The molecule has 3 aromatic rings. The van der Waals surface area contributed by atoms with E-state index in [-0.39, 0.29) is 25.9 Å². The fraction of sp³-hybridized carbons (Fsp3) is 0.364. The second kappa shape index (κ2) is 8.04. The Hall–Kier alpha value is -3.38. The Morgan fingerprint density at radius 2 is 1.94 bits per heavy atom. The molecule has 31 heavy (non-hydrogen) atoms. The van der Waals surface area contributed by atoms with E-state index < -0.39 is 12.1 Å². The van der Waals surface area contributed by atoms with E-state index in [4.69, 9.17) is 5.73 Å². The molecule has 1 saturated heterocycles. The lowest BCUT2D eigenvalue weighted by Gasteiger charge is -2.32. The van der Waals surface area contributed by atoms with Crippen LogP contribution in [0.25, 0.3) is 10.8 Å². The lowest BCUT2D eigenvalue weighted by molar-refractivity contribution is -0.0221. The van der Waals surface area contributed by atoms with E-state index in [1.807, 2.05) is 30.9 Å². The highest BCUT2D eigenvalue weighted by molar-refractivity contribution is 5.94. The number of fused-ring (bicyclic) bond motifs is 1. The van der Waals surface area contributed by atoms with Crippen LogP contribution in [0.3, 0.4) is 0 Å². The molecule has 0 spiro atoms. The first-order valence-electron chi connectivity index (χ1n) is 10.1. The van der Waals surface area contributed by atoms with Gasteiger partial charge in [-0.3, -0.25) is 0 Å². The van der Waals surface area contributed by atoms with Crippen molar-refractivity contribution in [1.82, 2.24) is 15.2 Å². The highest BCUT2D eigenvalue weighted by Gasteiger charge is 2.34. The molecule has 4 rings (SSSR count). The third-order valence-electron chi connectivity index (χ3n) is 5.78. The quantitative estimate of drug-likeness (QED) is 0.615. The number of aryl methyl sites for hydroxylation is 1. The smallest absolute Gasteiger partial charge is 0.251 e. The molecule has 9 heteroatoms. The number of piperidine rings is 1. The molecule has 1 aliphatic rings. The van der Waals surface area contributed by atoms with Crippen LogP contribution in [0.15, 0.2) is 30.5 Å². The zero-order valence-electron chi connectivity index (χ0n) is 17.4. The summed E-state index contributed by atoms with van der Waals surface area (Å²) < 4.78 is 27.1. The first-order chi connectivity index (χ1) is 14.8. The van der Waals surface area contributed by atoms with Crippen LogP contribution < -0.4 is 16.0 Å². The van der Waals surface area contributed by atoms with Crippen LogP contribution in [0.2, 0.25) is 0 Å². The van der Waals surface area contributed by atoms with E-state index in [1.165, 1.54) is 0 Å². The largest absolute Gasteiger partial charge is 0.356 e. The first kappa shape index (κ1) is 20.9. The van der Waals surface area contributed by atoms with Crippen LogP contribution in [-0.2, 0) is 0 Å². The van der Waals surface area contributed by atoms with Crippen LogP contribution in [0.4, 0.5) is 20.4 Å². The van der Waals surface area contributed by atoms with Crippen LogP contribution in [0.5, 0.6) is 0 Å². The molecule has 1 aliphatic heterocycles. The van der Waals surface area contributed by atoms with Gasteiger partial charge in [-0.2, -0.15) is 10.4 Å². The molecule has 160 valence electrons.